The molecule has 110 valence electrons. The number of carbonyl (C=O) groups is 1. The molecular weight excluding hydrogens is 296 g/mol. The summed E-state index contributed by atoms with van der Waals surface area (Å²) >= 11 is 1.26. The summed E-state index contributed by atoms with van der Waals surface area (Å²) in [6.07, 6.45) is 0. The fraction of sp³-hybridized carbons (Fsp3) is 0.0588. The Hall–Kier alpha value is -2.66. The lowest BCUT2D eigenvalue weighted by Gasteiger charge is -2.07. The molecule has 3 rings (SSSR count). The molecule has 0 aliphatic carbocycles. The minimum absolute atomic E-state index is 0.208. The summed E-state index contributed by atoms with van der Waals surface area (Å²) in [5, 5.41) is 3.56. The number of amides is 1. The number of carbonyl (C=O) groups excluding carboxylic acids is 1. The molecule has 0 radical (unpaired) electrons. The average molecular weight is 310 g/mol. The van der Waals surface area contributed by atoms with Crippen molar-refractivity contribution < 1.29 is 9.53 Å². The standard InChI is InChI=1S/C17H14N2O2S/c1-21-15-10-6-5-9-13(15)17(20)18-16-11-14(19-22-16)12-7-3-2-4-8-12/h2-11H,1H3,(H,18,20). The van der Waals surface area contributed by atoms with Gasteiger partial charge in [-0.25, -0.2) is 0 Å². The minimum Gasteiger partial charge on any atom is -0.496 e. The Morgan fingerprint density at radius 1 is 1.09 bits per heavy atom. The van der Waals surface area contributed by atoms with Gasteiger partial charge in [-0.1, -0.05) is 42.5 Å². The third-order valence-corrected chi connectivity index (χ3v) is 3.87. The zero-order valence-corrected chi connectivity index (χ0v) is 12.8. The molecule has 0 aliphatic heterocycles. The summed E-state index contributed by atoms with van der Waals surface area (Å²) in [7, 11) is 1.55. The second kappa shape index (κ2) is 6.41. The average Bonchev–Trinajstić information content (AvgIpc) is 3.04. The van der Waals surface area contributed by atoms with Crippen LogP contribution < -0.4 is 10.1 Å². The van der Waals surface area contributed by atoms with Crippen LogP contribution in [-0.2, 0) is 0 Å². The van der Waals surface area contributed by atoms with E-state index in [0.29, 0.717) is 16.3 Å². The predicted octanol–water partition coefficient (Wildman–Crippen LogP) is 4.07. The lowest BCUT2D eigenvalue weighted by atomic mass is 10.1. The lowest BCUT2D eigenvalue weighted by Crippen LogP contribution is -2.12. The number of nitrogens with one attached hydrogen (secondary N) is 1. The highest BCUT2D eigenvalue weighted by Crippen LogP contribution is 2.26. The van der Waals surface area contributed by atoms with Crippen LogP contribution in [0.4, 0.5) is 5.00 Å². The van der Waals surface area contributed by atoms with Crippen LogP contribution in [0.1, 0.15) is 10.4 Å². The maximum atomic E-state index is 12.3. The van der Waals surface area contributed by atoms with Gasteiger partial charge in [-0.2, -0.15) is 4.37 Å². The monoisotopic (exact) mass is 310 g/mol. The number of methoxy groups -OCH3 is 1. The van der Waals surface area contributed by atoms with Gasteiger partial charge in [0.15, 0.2) is 0 Å². The first-order valence-corrected chi connectivity index (χ1v) is 7.52. The zero-order valence-electron chi connectivity index (χ0n) is 11.9. The highest BCUT2D eigenvalue weighted by atomic mass is 32.1. The smallest absolute Gasteiger partial charge is 0.260 e. The predicted molar refractivity (Wildman–Crippen MR) is 88.5 cm³/mol. The Kier molecular flexibility index (Phi) is 4.16. The number of nitrogens with zero attached hydrogens (tertiary/aromatic N) is 1. The summed E-state index contributed by atoms with van der Waals surface area (Å²) in [6.45, 7) is 0. The lowest BCUT2D eigenvalue weighted by molar-refractivity contribution is 0.102. The number of benzene rings is 2. The molecule has 1 amide bonds. The molecule has 1 N–H and O–H groups in total. The third-order valence-electron chi connectivity index (χ3n) is 3.17. The van der Waals surface area contributed by atoms with E-state index in [-0.39, 0.29) is 5.91 Å². The molecule has 4 nitrogen and oxygen atoms in total. The second-order valence-electron chi connectivity index (χ2n) is 4.60. The fourth-order valence-corrected chi connectivity index (χ4v) is 2.75. The molecule has 0 aliphatic rings. The molecule has 0 saturated heterocycles. The summed E-state index contributed by atoms with van der Waals surface area (Å²) in [5.74, 6) is 0.341. The number of ether oxygens (including phenoxy) is 1. The Morgan fingerprint density at radius 2 is 1.82 bits per heavy atom. The van der Waals surface area contributed by atoms with Gasteiger partial charge in [0.1, 0.15) is 10.8 Å². The molecule has 2 aromatic carbocycles. The molecule has 0 unspecified atom stereocenters. The van der Waals surface area contributed by atoms with Crippen molar-refractivity contribution in [1.29, 1.82) is 0 Å². The third kappa shape index (κ3) is 2.99. The van der Waals surface area contributed by atoms with Gasteiger partial charge in [-0.05, 0) is 23.7 Å². The Labute approximate surface area is 132 Å². The number of para-hydroxylation sites is 1. The summed E-state index contributed by atoms with van der Waals surface area (Å²) in [5.41, 5.74) is 2.37. The zero-order chi connectivity index (χ0) is 15.4. The van der Waals surface area contributed by atoms with E-state index in [2.05, 4.69) is 9.69 Å². The first-order chi connectivity index (χ1) is 10.8. The molecule has 0 spiro atoms. The van der Waals surface area contributed by atoms with Crippen LogP contribution in [0.5, 0.6) is 5.75 Å². The maximum absolute atomic E-state index is 12.3. The van der Waals surface area contributed by atoms with Crippen molar-refractivity contribution in [2.75, 3.05) is 12.4 Å². The number of rotatable bonds is 4. The van der Waals surface area contributed by atoms with Gasteiger partial charge in [-0.3, -0.25) is 4.79 Å². The van der Waals surface area contributed by atoms with E-state index in [1.807, 2.05) is 42.5 Å². The van der Waals surface area contributed by atoms with E-state index in [1.165, 1.54) is 11.5 Å². The Bertz CT molecular complexity index is 784. The normalized spacial score (nSPS) is 10.2. The van der Waals surface area contributed by atoms with E-state index in [0.717, 1.165) is 11.3 Å². The van der Waals surface area contributed by atoms with Crippen molar-refractivity contribution in [3.8, 4) is 17.0 Å². The fourth-order valence-electron chi connectivity index (χ4n) is 2.09. The molecule has 1 heterocycles. The van der Waals surface area contributed by atoms with Crippen LogP contribution in [-0.4, -0.2) is 17.4 Å². The van der Waals surface area contributed by atoms with Crippen LogP contribution in [0.3, 0.4) is 0 Å². The molecule has 0 atom stereocenters. The minimum atomic E-state index is -0.208. The quantitative estimate of drug-likeness (QED) is 0.790. The van der Waals surface area contributed by atoms with Crippen molar-refractivity contribution in [2.45, 2.75) is 0 Å². The van der Waals surface area contributed by atoms with Crippen molar-refractivity contribution >= 4 is 22.4 Å². The number of hydrogen-bond donors (Lipinski definition) is 1. The first kappa shape index (κ1) is 14.3. The van der Waals surface area contributed by atoms with Gasteiger partial charge in [0.25, 0.3) is 5.91 Å². The van der Waals surface area contributed by atoms with Gasteiger partial charge in [-0.15, -0.1) is 0 Å². The molecule has 0 saturated carbocycles. The van der Waals surface area contributed by atoms with Crippen LogP contribution in [0.2, 0.25) is 0 Å². The highest BCUT2D eigenvalue weighted by molar-refractivity contribution is 7.10. The number of anilines is 1. The molecule has 0 bridgehead atoms. The topological polar surface area (TPSA) is 51.2 Å². The van der Waals surface area contributed by atoms with Crippen LogP contribution in [0.15, 0.2) is 60.7 Å². The van der Waals surface area contributed by atoms with Gasteiger partial charge in [0, 0.05) is 11.6 Å². The van der Waals surface area contributed by atoms with Crippen molar-refractivity contribution in [3.63, 3.8) is 0 Å². The highest BCUT2D eigenvalue weighted by Gasteiger charge is 2.13. The van der Waals surface area contributed by atoms with Crippen LogP contribution >= 0.6 is 11.5 Å². The molecule has 3 aromatic rings. The number of aromatic nitrogens is 1. The van der Waals surface area contributed by atoms with E-state index < -0.39 is 0 Å². The van der Waals surface area contributed by atoms with E-state index in [4.69, 9.17) is 4.74 Å². The van der Waals surface area contributed by atoms with Gasteiger partial charge < -0.3 is 10.1 Å². The molecule has 5 heteroatoms. The molecule has 22 heavy (non-hydrogen) atoms. The van der Waals surface area contributed by atoms with E-state index in [9.17, 15) is 4.79 Å². The summed E-state index contributed by atoms with van der Waals surface area (Å²) in [6, 6.07) is 18.8. The second-order valence-corrected chi connectivity index (χ2v) is 5.40. The Balaban J connectivity index is 1.79. The van der Waals surface area contributed by atoms with Crippen molar-refractivity contribution in [1.82, 2.24) is 4.37 Å². The van der Waals surface area contributed by atoms with Crippen LogP contribution in [0.25, 0.3) is 11.3 Å². The summed E-state index contributed by atoms with van der Waals surface area (Å²) in [4.78, 5) is 12.3. The molecular formula is C17H14N2O2S. The van der Waals surface area contributed by atoms with Crippen molar-refractivity contribution in [3.05, 3.63) is 66.2 Å². The largest absolute Gasteiger partial charge is 0.496 e. The maximum Gasteiger partial charge on any atom is 0.260 e. The number of hydrogen-bond acceptors (Lipinski definition) is 4. The van der Waals surface area contributed by atoms with E-state index >= 15 is 0 Å². The molecule has 1 aromatic heterocycles. The van der Waals surface area contributed by atoms with Gasteiger partial charge in [0.2, 0.25) is 0 Å². The first-order valence-electron chi connectivity index (χ1n) is 6.74. The van der Waals surface area contributed by atoms with Crippen LogP contribution in [0, 0.1) is 0 Å². The van der Waals surface area contributed by atoms with Gasteiger partial charge in [0.05, 0.1) is 18.4 Å². The van der Waals surface area contributed by atoms with Gasteiger partial charge >= 0.3 is 0 Å². The summed E-state index contributed by atoms with van der Waals surface area (Å²) < 4.78 is 9.58. The van der Waals surface area contributed by atoms with Crippen molar-refractivity contribution in [2.24, 2.45) is 0 Å². The molecule has 0 fully saturated rings. The van der Waals surface area contributed by atoms with E-state index in [1.54, 1.807) is 25.3 Å². The Morgan fingerprint density at radius 3 is 2.59 bits per heavy atom. The SMILES string of the molecule is COc1ccccc1C(=O)Nc1cc(-c2ccccc2)ns1.